The number of pyridine rings is 2. The summed E-state index contributed by atoms with van der Waals surface area (Å²) < 4.78 is 16.2. The Bertz CT molecular complexity index is 1250. The molecule has 2 saturated carbocycles. The molecule has 3 aromatic heterocycles. The number of aliphatic hydroxyl groups is 1. The smallest absolute Gasteiger partial charge is 0.149 e. The molecule has 5 heteroatoms. The van der Waals surface area contributed by atoms with Gasteiger partial charge in [0.2, 0.25) is 0 Å². The summed E-state index contributed by atoms with van der Waals surface area (Å²) in [5.74, 6) is 0.938. The van der Waals surface area contributed by atoms with Gasteiger partial charge in [0.1, 0.15) is 11.3 Å². The largest absolute Gasteiger partial charge is 0.388 e. The number of rotatable bonds is 4. The van der Waals surface area contributed by atoms with Crippen LogP contribution >= 0.6 is 0 Å². The fraction of sp³-hybridized carbons (Fsp3) is 0.385. The minimum Gasteiger partial charge on any atom is -0.388 e. The van der Waals surface area contributed by atoms with E-state index in [2.05, 4.69) is 22.2 Å². The quantitative estimate of drug-likeness (QED) is 0.451. The molecule has 0 amide bonds. The molecule has 6 rings (SSSR count). The Morgan fingerprint density at radius 1 is 0.968 bits per heavy atom. The van der Waals surface area contributed by atoms with Gasteiger partial charge in [-0.15, -0.1) is 0 Å². The highest BCUT2D eigenvalue weighted by Crippen LogP contribution is 2.48. The number of fused-ring (bicyclic) bond motifs is 2. The Labute approximate surface area is 180 Å². The van der Waals surface area contributed by atoms with Crippen molar-refractivity contribution < 1.29 is 9.50 Å². The highest BCUT2D eigenvalue weighted by atomic mass is 19.1. The normalized spacial score (nSPS) is 22.8. The third kappa shape index (κ3) is 3.23. The van der Waals surface area contributed by atoms with Crippen LogP contribution in [0.2, 0.25) is 0 Å². The average molecular weight is 416 g/mol. The molecule has 1 N–H and O–H groups in total. The molecule has 3 heterocycles. The van der Waals surface area contributed by atoms with Crippen molar-refractivity contribution in [2.45, 2.75) is 56.5 Å². The van der Waals surface area contributed by atoms with Crippen molar-refractivity contribution in [3.63, 3.8) is 0 Å². The summed E-state index contributed by atoms with van der Waals surface area (Å²) in [6, 6.07) is 9.43. The van der Waals surface area contributed by atoms with Crippen molar-refractivity contribution in [2.75, 3.05) is 0 Å². The minimum atomic E-state index is -0.469. The molecule has 2 fully saturated rings. The monoisotopic (exact) mass is 415 g/mol. The van der Waals surface area contributed by atoms with Crippen LogP contribution < -0.4 is 0 Å². The molecule has 0 saturated heterocycles. The van der Waals surface area contributed by atoms with Gasteiger partial charge in [0.25, 0.3) is 0 Å². The molecule has 158 valence electrons. The summed E-state index contributed by atoms with van der Waals surface area (Å²) in [5.41, 5.74) is 5.08. The molecule has 1 atom stereocenters. The van der Waals surface area contributed by atoms with Crippen LogP contribution in [-0.2, 0) is 0 Å². The van der Waals surface area contributed by atoms with Crippen LogP contribution in [0.3, 0.4) is 0 Å². The predicted molar refractivity (Wildman–Crippen MR) is 119 cm³/mol. The van der Waals surface area contributed by atoms with Crippen LogP contribution in [0, 0.1) is 11.7 Å². The van der Waals surface area contributed by atoms with Crippen LogP contribution in [0.1, 0.15) is 73.2 Å². The van der Waals surface area contributed by atoms with Gasteiger partial charge < -0.3 is 9.51 Å². The van der Waals surface area contributed by atoms with Crippen molar-refractivity contribution in [3.8, 4) is 0 Å². The SMILES string of the molecule is OC(c1c(C2CC2)ccn2cncc12)C1CCC(c2ccnc3c(F)cccc23)CC1. The van der Waals surface area contributed by atoms with Gasteiger partial charge in [-0.05, 0) is 85.6 Å². The number of hydrogen-bond acceptors (Lipinski definition) is 3. The number of aliphatic hydroxyl groups excluding tert-OH is 1. The third-order valence-corrected chi connectivity index (χ3v) is 7.39. The summed E-state index contributed by atoms with van der Waals surface area (Å²) >= 11 is 0. The van der Waals surface area contributed by atoms with E-state index >= 15 is 0 Å². The molecule has 0 spiro atoms. The predicted octanol–water partition coefficient (Wildman–Crippen LogP) is 5.91. The molecule has 0 radical (unpaired) electrons. The maximum atomic E-state index is 14.2. The van der Waals surface area contributed by atoms with E-state index in [9.17, 15) is 9.50 Å². The third-order valence-electron chi connectivity index (χ3n) is 7.39. The lowest BCUT2D eigenvalue weighted by Crippen LogP contribution is -2.21. The maximum Gasteiger partial charge on any atom is 0.149 e. The summed E-state index contributed by atoms with van der Waals surface area (Å²) in [6.07, 6.45) is 13.4. The summed E-state index contributed by atoms with van der Waals surface area (Å²) in [6.45, 7) is 0. The van der Waals surface area contributed by atoms with Crippen LogP contribution in [-0.4, -0.2) is 19.5 Å². The maximum absolute atomic E-state index is 14.2. The van der Waals surface area contributed by atoms with Crippen LogP contribution in [0.15, 0.2) is 55.2 Å². The Balaban J connectivity index is 1.27. The van der Waals surface area contributed by atoms with Gasteiger partial charge in [-0.2, -0.15) is 0 Å². The fourth-order valence-electron chi connectivity index (χ4n) is 5.60. The number of para-hydroxylation sites is 1. The molecule has 0 bridgehead atoms. The average Bonchev–Trinajstić information content (AvgIpc) is 3.54. The summed E-state index contributed by atoms with van der Waals surface area (Å²) in [4.78, 5) is 8.57. The first-order valence-electron chi connectivity index (χ1n) is 11.4. The Morgan fingerprint density at radius 2 is 1.74 bits per heavy atom. The van der Waals surface area contributed by atoms with Crippen LogP contribution in [0.25, 0.3) is 16.4 Å². The molecule has 4 nitrogen and oxygen atoms in total. The summed E-state index contributed by atoms with van der Waals surface area (Å²) in [5, 5.41) is 12.4. The molecule has 31 heavy (non-hydrogen) atoms. The Morgan fingerprint density at radius 3 is 2.55 bits per heavy atom. The lowest BCUT2D eigenvalue weighted by molar-refractivity contribution is 0.0811. The van der Waals surface area contributed by atoms with Crippen molar-refractivity contribution in [1.82, 2.24) is 14.4 Å². The van der Waals surface area contributed by atoms with Gasteiger partial charge in [0.15, 0.2) is 0 Å². The van der Waals surface area contributed by atoms with Gasteiger partial charge in [-0.3, -0.25) is 4.98 Å². The zero-order chi connectivity index (χ0) is 20.9. The zero-order valence-corrected chi connectivity index (χ0v) is 17.4. The van der Waals surface area contributed by atoms with Gasteiger partial charge in [0.05, 0.1) is 24.1 Å². The number of aromatic nitrogens is 3. The molecular weight excluding hydrogens is 389 g/mol. The molecular formula is C26H26FN3O. The number of imidazole rings is 1. The van der Waals surface area contributed by atoms with E-state index in [0.29, 0.717) is 17.4 Å². The Kier molecular flexibility index (Phi) is 4.53. The zero-order valence-electron chi connectivity index (χ0n) is 17.4. The van der Waals surface area contributed by atoms with E-state index in [0.717, 1.165) is 42.1 Å². The van der Waals surface area contributed by atoms with Crippen LogP contribution in [0.4, 0.5) is 4.39 Å². The second kappa shape index (κ2) is 7.41. The first kappa shape index (κ1) is 18.9. The first-order valence-corrected chi connectivity index (χ1v) is 11.4. The molecule has 0 aliphatic heterocycles. The first-order chi connectivity index (χ1) is 15.2. The van der Waals surface area contributed by atoms with E-state index in [4.69, 9.17) is 0 Å². The van der Waals surface area contributed by atoms with E-state index in [1.165, 1.54) is 30.0 Å². The number of benzene rings is 1. The molecule has 1 aromatic carbocycles. The number of halogens is 1. The molecule has 1 unspecified atom stereocenters. The van der Waals surface area contributed by atoms with Gasteiger partial charge in [-0.25, -0.2) is 9.37 Å². The van der Waals surface area contributed by atoms with Crippen molar-refractivity contribution in [3.05, 3.63) is 77.8 Å². The fourth-order valence-corrected chi connectivity index (χ4v) is 5.60. The van der Waals surface area contributed by atoms with Gasteiger partial charge in [0, 0.05) is 23.3 Å². The standard InChI is InChI=1S/C26H26FN3O/c27-22-3-1-2-21-19(10-12-29-25(21)22)16-6-8-18(9-7-16)26(31)24-20(17-4-5-17)11-13-30-15-28-14-23(24)30/h1-3,10-18,26,31H,4-9H2. The summed E-state index contributed by atoms with van der Waals surface area (Å²) in [7, 11) is 0. The van der Waals surface area contributed by atoms with E-state index in [-0.39, 0.29) is 11.7 Å². The molecule has 2 aliphatic carbocycles. The molecule has 2 aliphatic rings. The van der Waals surface area contributed by atoms with E-state index < -0.39 is 6.10 Å². The van der Waals surface area contributed by atoms with Crippen molar-refractivity contribution >= 4 is 16.4 Å². The van der Waals surface area contributed by atoms with Crippen molar-refractivity contribution in [2.24, 2.45) is 5.92 Å². The van der Waals surface area contributed by atoms with E-state index in [1.54, 1.807) is 12.3 Å². The van der Waals surface area contributed by atoms with Crippen molar-refractivity contribution in [1.29, 1.82) is 0 Å². The topological polar surface area (TPSA) is 50.4 Å². The van der Waals surface area contributed by atoms with E-state index in [1.807, 2.05) is 29.1 Å². The highest BCUT2D eigenvalue weighted by Gasteiger charge is 2.34. The lowest BCUT2D eigenvalue weighted by atomic mass is 9.74. The van der Waals surface area contributed by atoms with Gasteiger partial charge >= 0.3 is 0 Å². The second-order valence-electron chi connectivity index (χ2n) is 9.24. The highest BCUT2D eigenvalue weighted by molar-refractivity contribution is 5.83. The lowest BCUT2D eigenvalue weighted by Gasteiger charge is -2.33. The van der Waals surface area contributed by atoms with Crippen LogP contribution in [0.5, 0.6) is 0 Å². The minimum absolute atomic E-state index is 0.236. The van der Waals surface area contributed by atoms with Gasteiger partial charge in [-0.1, -0.05) is 12.1 Å². The number of nitrogens with zero attached hydrogens (tertiary/aromatic N) is 3. The molecule has 4 aromatic rings. The number of hydrogen-bond donors (Lipinski definition) is 1. The second-order valence-corrected chi connectivity index (χ2v) is 9.24. The Hall–Kier alpha value is -2.79.